The average Bonchev–Trinajstić information content (AvgIpc) is 2.61. The zero-order chi connectivity index (χ0) is 18.7. The highest BCUT2D eigenvalue weighted by atomic mass is 16.5. The lowest BCUT2D eigenvalue weighted by Crippen LogP contribution is -2.44. The van der Waals surface area contributed by atoms with Crippen molar-refractivity contribution in [3.8, 4) is 5.75 Å². The molecule has 2 unspecified atom stereocenters. The summed E-state index contributed by atoms with van der Waals surface area (Å²) in [5.74, 6) is -1.06. The van der Waals surface area contributed by atoms with Gasteiger partial charge in [0.15, 0.2) is 0 Å². The molecule has 0 saturated carbocycles. The molecular weight excluding hydrogens is 332 g/mol. The molecule has 2 amide bonds. The second-order valence-corrected chi connectivity index (χ2v) is 6.34. The number of ether oxygens (including phenoxy) is 1. The van der Waals surface area contributed by atoms with E-state index in [0.29, 0.717) is 11.3 Å². The number of carbonyl (C=O) groups is 2. The van der Waals surface area contributed by atoms with Crippen LogP contribution < -0.4 is 5.32 Å². The first-order valence-electron chi connectivity index (χ1n) is 8.31. The van der Waals surface area contributed by atoms with Gasteiger partial charge < -0.3 is 15.2 Å². The number of rotatable bonds is 4. The zero-order valence-corrected chi connectivity index (χ0v) is 14.6. The minimum absolute atomic E-state index is 0.111. The smallest absolute Gasteiger partial charge is 0.341 e. The number of phenolic OH excluding ortho intramolecular Hbond substituents is 1. The molecule has 0 aromatic heterocycles. The summed E-state index contributed by atoms with van der Waals surface area (Å²) in [6.45, 7) is 3.78. The Morgan fingerprint density at radius 2 is 1.77 bits per heavy atom. The number of hydrogen-bond donors (Lipinski definition) is 2. The molecule has 1 aliphatic heterocycles. The van der Waals surface area contributed by atoms with Gasteiger partial charge in [-0.3, -0.25) is 4.79 Å². The molecule has 6 nitrogen and oxygen atoms in total. The maximum Gasteiger partial charge on any atom is 0.341 e. The zero-order valence-electron chi connectivity index (χ0n) is 14.6. The molecule has 0 aliphatic carbocycles. The number of benzene rings is 2. The third-order valence-electron chi connectivity index (χ3n) is 4.35. The summed E-state index contributed by atoms with van der Waals surface area (Å²) in [5, 5.41) is 12.2. The number of aliphatic imine (C=N–C) groups is 1. The summed E-state index contributed by atoms with van der Waals surface area (Å²) in [6, 6.07) is 13.0. The van der Waals surface area contributed by atoms with Crippen LogP contribution in [0.15, 0.2) is 53.5 Å². The Hall–Kier alpha value is -3.15. The first kappa shape index (κ1) is 17.7. The second-order valence-electron chi connectivity index (χ2n) is 6.34. The van der Waals surface area contributed by atoms with Crippen LogP contribution >= 0.6 is 0 Å². The van der Waals surface area contributed by atoms with Gasteiger partial charge in [0.05, 0.1) is 6.04 Å². The Bertz CT molecular complexity index is 841. The van der Waals surface area contributed by atoms with Crippen LogP contribution in [0.2, 0.25) is 0 Å². The van der Waals surface area contributed by atoms with E-state index in [1.165, 1.54) is 12.1 Å². The molecule has 0 saturated heterocycles. The first-order valence-corrected chi connectivity index (χ1v) is 8.31. The lowest BCUT2D eigenvalue weighted by Gasteiger charge is -2.29. The summed E-state index contributed by atoms with van der Waals surface area (Å²) in [6.07, 6.45) is 0. The Balaban J connectivity index is 1.79. The molecule has 134 valence electrons. The third-order valence-corrected chi connectivity index (χ3v) is 4.35. The monoisotopic (exact) mass is 352 g/mol. The van der Waals surface area contributed by atoms with Crippen LogP contribution in [0.25, 0.3) is 0 Å². The van der Waals surface area contributed by atoms with Gasteiger partial charge in [-0.25, -0.2) is 9.79 Å². The van der Waals surface area contributed by atoms with Crippen molar-refractivity contribution in [2.75, 3.05) is 0 Å². The number of nitrogens with zero attached hydrogens (tertiary/aromatic N) is 1. The summed E-state index contributed by atoms with van der Waals surface area (Å²) in [7, 11) is 0. The van der Waals surface area contributed by atoms with Gasteiger partial charge >= 0.3 is 12.0 Å². The highest BCUT2D eigenvalue weighted by molar-refractivity contribution is 6.08. The lowest BCUT2D eigenvalue weighted by molar-refractivity contribution is -0.148. The molecule has 6 heteroatoms. The second kappa shape index (κ2) is 7.39. The van der Waals surface area contributed by atoms with Crippen LogP contribution in [-0.2, 0) is 16.1 Å². The predicted molar refractivity (Wildman–Crippen MR) is 97.0 cm³/mol. The molecule has 2 N–H and O–H groups in total. The topological polar surface area (TPSA) is 88.0 Å². The molecule has 0 radical (unpaired) electrons. The van der Waals surface area contributed by atoms with Crippen molar-refractivity contribution < 1.29 is 19.4 Å². The van der Waals surface area contributed by atoms with Crippen LogP contribution in [-0.4, -0.2) is 22.8 Å². The number of aryl methyl sites for hydroxylation is 1. The number of urea groups is 1. The highest BCUT2D eigenvalue weighted by Gasteiger charge is 2.38. The number of nitrogens with one attached hydrogen (secondary N) is 1. The molecule has 1 aliphatic rings. The molecule has 0 bridgehead atoms. The summed E-state index contributed by atoms with van der Waals surface area (Å²) < 4.78 is 5.47. The minimum Gasteiger partial charge on any atom is -0.508 e. The number of aromatic hydroxyl groups is 1. The Morgan fingerprint density at radius 1 is 1.12 bits per heavy atom. The molecular formula is C20H20N2O4. The van der Waals surface area contributed by atoms with E-state index < -0.39 is 24.0 Å². The largest absolute Gasteiger partial charge is 0.508 e. The van der Waals surface area contributed by atoms with Gasteiger partial charge in [0.1, 0.15) is 18.3 Å². The molecule has 0 spiro atoms. The molecule has 1 heterocycles. The predicted octanol–water partition coefficient (Wildman–Crippen LogP) is 3.29. The van der Waals surface area contributed by atoms with Gasteiger partial charge in [0.2, 0.25) is 0 Å². The van der Waals surface area contributed by atoms with Gasteiger partial charge in [-0.05, 0) is 37.1 Å². The van der Waals surface area contributed by atoms with Gasteiger partial charge in [0, 0.05) is 5.71 Å². The van der Waals surface area contributed by atoms with Crippen molar-refractivity contribution in [3.63, 3.8) is 0 Å². The van der Waals surface area contributed by atoms with Gasteiger partial charge in [-0.15, -0.1) is 0 Å². The fraction of sp³-hybridized carbons (Fsp3) is 0.250. The van der Waals surface area contributed by atoms with Crippen LogP contribution in [0.3, 0.4) is 0 Å². The van der Waals surface area contributed by atoms with Crippen molar-refractivity contribution in [3.05, 3.63) is 65.2 Å². The Morgan fingerprint density at radius 3 is 2.42 bits per heavy atom. The molecule has 3 rings (SSSR count). The van der Waals surface area contributed by atoms with Crippen molar-refractivity contribution in [2.24, 2.45) is 10.9 Å². The first-order chi connectivity index (χ1) is 12.4. The fourth-order valence-corrected chi connectivity index (χ4v) is 2.91. The molecule has 0 fully saturated rings. The van der Waals surface area contributed by atoms with Crippen molar-refractivity contribution in [1.29, 1.82) is 0 Å². The van der Waals surface area contributed by atoms with Crippen LogP contribution in [0.4, 0.5) is 4.79 Å². The normalized spacial score (nSPS) is 19.5. The number of amides is 2. The van der Waals surface area contributed by atoms with E-state index in [9.17, 15) is 14.7 Å². The van der Waals surface area contributed by atoms with Crippen molar-refractivity contribution in [1.82, 2.24) is 5.32 Å². The SMILES string of the molecule is CC1=NC(=O)NC(c2ccc(O)cc2)C1C(=O)OCc1ccc(C)cc1. The number of hydrogen-bond acceptors (Lipinski definition) is 4. The van der Waals surface area contributed by atoms with E-state index in [0.717, 1.165) is 11.1 Å². The van der Waals surface area contributed by atoms with E-state index in [1.54, 1.807) is 19.1 Å². The van der Waals surface area contributed by atoms with Crippen LogP contribution in [0.1, 0.15) is 29.7 Å². The lowest BCUT2D eigenvalue weighted by atomic mass is 9.88. The van der Waals surface area contributed by atoms with E-state index in [-0.39, 0.29) is 12.4 Å². The average molecular weight is 352 g/mol. The fourth-order valence-electron chi connectivity index (χ4n) is 2.91. The quantitative estimate of drug-likeness (QED) is 0.827. The number of carbonyl (C=O) groups excluding carboxylic acids is 2. The summed E-state index contributed by atoms with van der Waals surface area (Å²) in [5.41, 5.74) is 3.12. The minimum atomic E-state index is -0.720. The van der Waals surface area contributed by atoms with Crippen molar-refractivity contribution >= 4 is 17.7 Å². The maximum atomic E-state index is 12.7. The van der Waals surface area contributed by atoms with Crippen molar-refractivity contribution in [2.45, 2.75) is 26.5 Å². The molecule has 26 heavy (non-hydrogen) atoms. The van der Waals surface area contributed by atoms with E-state index in [2.05, 4.69) is 10.3 Å². The standard InChI is InChI=1S/C20H20N2O4/c1-12-3-5-14(6-4-12)11-26-19(24)17-13(2)21-20(25)22-18(17)15-7-9-16(23)10-8-15/h3-10,17-18,23H,11H2,1-2H3,(H,22,25). The Labute approximate surface area is 151 Å². The van der Waals surface area contributed by atoms with E-state index >= 15 is 0 Å². The maximum absolute atomic E-state index is 12.7. The van der Waals surface area contributed by atoms with Crippen LogP contribution in [0.5, 0.6) is 5.75 Å². The third kappa shape index (κ3) is 3.91. The van der Waals surface area contributed by atoms with E-state index in [4.69, 9.17) is 4.74 Å². The molecule has 2 aromatic carbocycles. The van der Waals surface area contributed by atoms with Crippen LogP contribution in [0, 0.1) is 12.8 Å². The molecule has 2 atom stereocenters. The van der Waals surface area contributed by atoms with Gasteiger partial charge in [0.25, 0.3) is 0 Å². The van der Waals surface area contributed by atoms with Gasteiger partial charge in [-0.2, -0.15) is 0 Å². The summed E-state index contributed by atoms with van der Waals surface area (Å²) in [4.78, 5) is 28.4. The Kier molecular flexibility index (Phi) is 5.02. The number of phenols is 1. The number of esters is 1. The van der Waals surface area contributed by atoms with Gasteiger partial charge in [-0.1, -0.05) is 42.0 Å². The highest BCUT2D eigenvalue weighted by Crippen LogP contribution is 2.29. The van der Waals surface area contributed by atoms with E-state index in [1.807, 2.05) is 31.2 Å². The summed E-state index contributed by atoms with van der Waals surface area (Å²) >= 11 is 0. The molecule has 2 aromatic rings.